The number of hydrogen-bond donors (Lipinski definition) is 1. The number of aryl methyl sites for hydroxylation is 1. The average molecular weight is 269 g/mol. The molecular weight excluding hydrogens is 250 g/mol. The zero-order valence-electron chi connectivity index (χ0n) is 11.8. The lowest BCUT2D eigenvalue weighted by Gasteiger charge is -2.22. The van der Waals surface area contributed by atoms with Crippen molar-refractivity contribution < 1.29 is 4.79 Å². The summed E-state index contributed by atoms with van der Waals surface area (Å²) in [4.78, 5) is 18.3. The van der Waals surface area contributed by atoms with Gasteiger partial charge in [-0.1, -0.05) is 24.3 Å². The van der Waals surface area contributed by atoms with Gasteiger partial charge in [-0.25, -0.2) is 4.98 Å². The molecule has 0 radical (unpaired) electrons. The predicted molar refractivity (Wildman–Crippen MR) is 80.2 cm³/mol. The van der Waals surface area contributed by atoms with E-state index in [1.54, 1.807) is 23.2 Å². The zero-order chi connectivity index (χ0) is 14.5. The van der Waals surface area contributed by atoms with Crippen molar-refractivity contribution in [2.75, 3.05) is 12.3 Å². The quantitative estimate of drug-likeness (QED) is 0.928. The Morgan fingerprint density at radius 2 is 2.00 bits per heavy atom. The first-order valence-corrected chi connectivity index (χ1v) is 6.67. The fourth-order valence-corrected chi connectivity index (χ4v) is 2.07. The Hall–Kier alpha value is -2.36. The number of pyridine rings is 1. The highest BCUT2D eigenvalue weighted by Gasteiger charge is 2.18. The second-order valence-electron chi connectivity index (χ2n) is 4.69. The number of hydrogen-bond acceptors (Lipinski definition) is 3. The first-order valence-electron chi connectivity index (χ1n) is 6.67. The minimum Gasteiger partial charge on any atom is -0.397 e. The normalized spacial score (nSPS) is 10.3. The van der Waals surface area contributed by atoms with Gasteiger partial charge in [0, 0.05) is 19.3 Å². The topological polar surface area (TPSA) is 59.2 Å². The Bertz CT molecular complexity index is 610. The smallest absolute Gasteiger partial charge is 0.274 e. The van der Waals surface area contributed by atoms with Gasteiger partial charge in [-0.05, 0) is 37.1 Å². The van der Waals surface area contributed by atoms with E-state index in [-0.39, 0.29) is 5.91 Å². The van der Waals surface area contributed by atoms with Crippen LogP contribution in [0.3, 0.4) is 0 Å². The third-order valence-corrected chi connectivity index (χ3v) is 3.33. The molecule has 1 amide bonds. The van der Waals surface area contributed by atoms with Gasteiger partial charge in [-0.2, -0.15) is 0 Å². The van der Waals surface area contributed by atoms with E-state index in [2.05, 4.69) is 4.98 Å². The number of anilines is 1. The molecule has 0 aliphatic carbocycles. The van der Waals surface area contributed by atoms with Crippen LogP contribution < -0.4 is 5.73 Å². The first kappa shape index (κ1) is 14.1. The highest BCUT2D eigenvalue weighted by Crippen LogP contribution is 2.15. The summed E-state index contributed by atoms with van der Waals surface area (Å²) in [5.74, 6) is -0.131. The van der Waals surface area contributed by atoms with E-state index in [0.717, 1.165) is 5.56 Å². The zero-order valence-corrected chi connectivity index (χ0v) is 11.8. The van der Waals surface area contributed by atoms with E-state index in [9.17, 15) is 4.79 Å². The summed E-state index contributed by atoms with van der Waals surface area (Å²) in [6.07, 6.45) is 1.59. The SMILES string of the molecule is CCN(Cc1ccccc1C)C(=O)c1ncccc1N. The summed E-state index contributed by atoms with van der Waals surface area (Å²) in [6, 6.07) is 11.5. The molecule has 2 rings (SSSR count). The van der Waals surface area contributed by atoms with Gasteiger partial charge in [0.05, 0.1) is 5.69 Å². The van der Waals surface area contributed by atoms with Crippen molar-refractivity contribution in [2.45, 2.75) is 20.4 Å². The molecule has 0 fully saturated rings. The molecule has 0 aliphatic rings. The molecule has 0 saturated heterocycles. The van der Waals surface area contributed by atoms with Crippen molar-refractivity contribution in [1.82, 2.24) is 9.88 Å². The Balaban J connectivity index is 2.23. The molecule has 4 nitrogen and oxygen atoms in total. The van der Waals surface area contributed by atoms with E-state index < -0.39 is 0 Å². The number of nitrogens with zero attached hydrogens (tertiary/aromatic N) is 2. The number of nitrogens with two attached hydrogens (primary N) is 1. The van der Waals surface area contributed by atoms with Crippen LogP contribution in [0.2, 0.25) is 0 Å². The molecule has 1 aromatic carbocycles. The van der Waals surface area contributed by atoms with Crippen molar-refractivity contribution in [3.05, 3.63) is 59.4 Å². The molecular formula is C16H19N3O. The lowest BCUT2D eigenvalue weighted by atomic mass is 10.1. The maximum Gasteiger partial charge on any atom is 0.274 e. The van der Waals surface area contributed by atoms with Crippen LogP contribution in [0.5, 0.6) is 0 Å². The minimum absolute atomic E-state index is 0.131. The molecule has 0 aliphatic heterocycles. The summed E-state index contributed by atoms with van der Waals surface area (Å²) in [7, 11) is 0. The number of carbonyl (C=O) groups is 1. The van der Waals surface area contributed by atoms with Gasteiger partial charge in [0.15, 0.2) is 5.69 Å². The molecule has 1 aromatic heterocycles. The van der Waals surface area contributed by atoms with E-state index in [1.807, 2.05) is 38.1 Å². The van der Waals surface area contributed by atoms with Crippen LogP contribution in [0.15, 0.2) is 42.6 Å². The maximum atomic E-state index is 12.5. The summed E-state index contributed by atoms with van der Waals surface area (Å²) in [6.45, 7) is 5.18. The number of benzene rings is 1. The van der Waals surface area contributed by atoms with Crippen LogP contribution in [0.1, 0.15) is 28.5 Å². The van der Waals surface area contributed by atoms with E-state index in [4.69, 9.17) is 5.73 Å². The Morgan fingerprint density at radius 3 is 2.65 bits per heavy atom. The van der Waals surface area contributed by atoms with Gasteiger partial charge in [0.2, 0.25) is 0 Å². The second kappa shape index (κ2) is 6.19. The monoisotopic (exact) mass is 269 g/mol. The van der Waals surface area contributed by atoms with Crippen LogP contribution in [-0.4, -0.2) is 22.3 Å². The van der Waals surface area contributed by atoms with Crippen molar-refractivity contribution in [2.24, 2.45) is 0 Å². The molecule has 0 saturated carbocycles. The number of amides is 1. The standard InChI is InChI=1S/C16H19N3O/c1-3-19(11-13-8-5-4-7-12(13)2)16(20)15-14(17)9-6-10-18-15/h4-10H,3,11,17H2,1-2H3. The Kier molecular flexibility index (Phi) is 4.35. The van der Waals surface area contributed by atoms with Crippen LogP contribution >= 0.6 is 0 Å². The van der Waals surface area contributed by atoms with Crippen molar-refractivity contribution >= 4 is 11.6 Å². The van der Waals surface area contributed by atoms with Gasteiger partial charge in [-0.3, -0.25) is 4.79 Å². The second-order valence-corrected chi connectivity index (χ2v) is 4.69. The van der Waals surface area contributed by atoms with Crippen LogP contribution in [0.4, 0.5) is 5.69 Å². The first-order chi connectivity index (χ1) is 9.63. The number of aromatic nitrogens is 1. The molecule has 1 heterocycles. The average Bonchev–Trinajstić information content (AvgIpc) is 2.46. The molecule has 0 unspecified atom stereocenters. The highest BCUT2D eigenvalue weighted by molar-refractivity contribution is 5.97. The predicted octanol–water partition coefficient (Wildman–Crippen LogP) is 2.63. The van der Waals surface area contributed by atoms with Gasteiger partial charge in [0.1, 0.15) is 0 Å². The molecule has 2 aromatic rings. The molecule has 0 atom stereocenters. The Labute approximate surface area is 119 Å². The lowest BCUT2D eigenvalue weighted by molar-refractivity contribution is 0.0747. The number of carbonyl (C=O) groups excluding carboxylic acids is 1. The summed E-state index contributed by atoms with van der Waals surface area (Å²) < 4.78 is 0. The van der Waals surface area contributed by atoms with Crippen molar-refractivity contribution in [3.8, 4) is 0 Å². The molecule has 20 heavy (non-hydrogen) atoms. The third kappa shape index (κ3) is 2.96. The summed E-state index contributed by atoms with van der Waals surface area (Å²) in [5.41, 5.74) is 8.88. The van der Waals surface area contributed by atoms with Gasteiger partial charge < -0.3 is 10.6 Å². The molecule has 0 spiro atoms. The lowest BCUT2D eigenvalue weighted by Crippen LogP contribution is -2.31. The number of rotatable bonds is 4. The van der Waals surface area contributed by atoms with E-state index in [1.165, 1.54) is 5.56 Å². The minimum atomic E-state index is -0.131. The molecule has 4 heteroatoms. The summed E-state index contributed by atoms with van der Waals surface area (Å²) >= 11 is 0. The van der Waals surface area contributed by atoms with Crippen LogP contribution in [-0.2, 0) is 6.54 Å². The highest BCUT2D eigenvalue weighted by atomic mass is 16.2. The van der Waals surface area contributed by atoms with E-state index in [0.29, 0.717) is 24.5 Å². The summed E-state index contributed by atoms with van der Waals surface area (Å²) in [5, 5.41) is 0. The van der Waals surface area contributed by atoms with E-state index >= 15 is 0 Å². The fourth-order valence-electron chi connectivity index (χ4n) is 2.07. The fraction of sp³-hybridized carbons (Fsp3) is 0.250. The van der Waals surface area contributed by atoms with Crippen LogP contribution in [0.25, 0.3) is 0 Å². The van der Waals surface area contributed by atoms with Gasteiger partial charge >= 0.3 is 0 Å². The molecule has 2 N–H and O–H groups in total. The van der Waals surface area contributed by atoms with Gasteiger partial charge in [-0.15, -0.1) is 0 Å². The largest absolute Gasteiger partial charge is 0.397 e. The molecule has 0 bridgehead atoms. The van der Waals surface area contributed by atoms with Crippen LogP contribution in [0, 0.1) is 6.92 Å². The molecule has 104 valence electrons. The van der Waals surface area contributed by atoms with Crippen molar-refractivity contribution in [1.29, 1.82) is 0 Å². The Morgan fingerprint density at radius 1 is 1.25 bits per heavy atom. The van der Waals surface area contributed by atoms with Gasteiger partial charge in [0.25, 0.3) is 5.91 Å². The third-order valence-electron chi connectivity index (χ3n) is 3.33. The number of nitrogen functional groups attached to an aromatic ring is 1. The maximum absolute atomic E-state index is 12.5. The van der Waals surface area contributed by atoms with Crippen molar-refractivity contribution in [3.63, 3.8) is 0 Å².